The molecule has 312 valence electrons. The molecule has 0 radical (unpaired) electrons. The molecule has 0 atom stereocenters. The highest BCUT2D eigenvalue weighted by Gasteiger charge is 2.31. The van der Waals surface area contributed by atoms with Crippen molar-refractivity contribution >= 4 is 30.5 Å². The van der Waals surface area contributed by atoms with Crippen molar-refractivity contribution in [1.29, 1.82) is 0 Å². The van der Waals surface area contributed by atoms with Crippen LogP contribution in [0, 0.1) is 0 Å². The number of rotatable bonds is 15. The van der Waals surface area contributed by atoms with Crippen LogP contribution in [0.5, 0.6) is 40.2 Å². The topological polar surface area (TPSA) is 84.0 Å². The molecule has 1 aliphatic heterocycles. The summed E-state index contributed by atoms with van der Waals surface area (Å²) in [5.74, 6) is 2.99. The molecule has 0 bridgehead atoms. The minimum absolute atomic E-state index is 0. The molecule has 1 aliphatic rings. The summed E-state index contributed by atoms with van der Waals surface area (Å²) in [6.45, 7) is 2.87. The lowest BCUT2D eigenvalue weighted by molar-refractivity contribution is -0.274. The number of pyridine rings is 1. The highest BCUT2D eigenvalue weighted by atomic mass is 35.5. The average Bonchev–Trinajstić information content (AvgIpc) is 3.22. The van der Waals surface area contributed by atoms with Crippen LogP contribution in [0.3, 0.4) is 0 Å². The number of alkyl halides is 3. The number of hydrogen-bond acceptors (Lipinski definition) is 10. The van der Waals surface area contributed by atoms with Crippen molar-refractivity contribution in [3.63, 3.8) is 0 Å². The van der Waals surface area contributed by atoms with Gasteiger partial charge in [-0.3, -0.25) is 9.88 Å². The molecule has 0 saturated carbocycles. The van der Waals surface area contributed by atoms with E-state index in [-0.39, 0.29) is 36.6 Å². The molecule has 0 aliphatic carbocycles. The number of nitrogens with zero attached hydrogens (tertiary/aromatic N) is 3. The monoisotopic (exact) mass is 845 g/mol. The van der Waals surface area contributed by atoms with E-state index in [4.69, 9.17) is 28.4 Å². The van der Waals surface area contributed by atoms with Crippen LogP contribution in [0.2, 0.25) is 0 Å². The molecule has 0 N–H and O–H groups in total. The fourth-order valence-electron chi connectivity index (χ4n) is 7.19. The Kier molecular flexibility index (Phi) is 16.0. The lowest BCUT2D eigenvalue weighted by atomic mass is 9.98. The second-order valence-corrected chi connectivity index (χ2v) is 13.3. The lowest BCUT2D eigenvalue weighted by Gasteiger charge is -2.40. The van der Waals surface area contributed by atoms with Gasteiger partial charge in [0.1, 0.15) is 5.75 Å². The molecule has 15 heteroatoms. The first-order valence-corrected chi connectivity index (χ1v) is 18.0. The molecule has 6 rings (SSSR count). The summed E-state index contributed by atoms with van der Waals surface area (Å²) in [7, 11) is 9.48. The summed E-state index contributed by atoms with van der Waals surface area (Å²) < 4.78 is 76.5. The van der Waals surface area contributed by atoms with Crippen molar-refractivity contribution in [1.82, 2.24) is 9.88 Å². The molecule has 4 aromatic carbocycles. The molecule has 0 unspecified atom stereocenters. The van der Waals surface area contributed by atoms with Crippen LogP contribution < -0.4 is 38.1 Å². The summed E-state index contributed by atoms with van der Waals surface area (Å²) in [4.78, 5) is 9.22. The number of aromatic nitrogens is 1. The van der Waals surface area contributed by atoms with Crippen LogP contribution in [0.25, 0.3) is 22.3 Å². The van der Waals surface area contributed by atoms with Crippen LogP contribution >= 0.6 is 24.8 Å². The molecule has 10 nitrogen and oxygen atoms in total. The molecule has 0 spiro atoms. The zero-order valence-corrected chi connectivity index (χ0v) is 34.8. The number of hydrogen-bond donors (Lipinski definition) is 0. The van der Waals surface area contributed by atoms with Crippen LogP contribution in [-0.4, -0.2) is 78.0 Å². The number of ether oxygens (including phenoxy) is 7. The van der Waals surface area contributed by atoms with Gasteiger partial charge in [0.2, 0.25) is 11.5 Å². The Balaban J connectivity index is 0.00000372. The zero-order chi connectivity index (χ0) is 39.8. The summed E-state index contributed by atoms with van der Waals surface area (Å²) in [5, 5.41) is 0. The maximum Gasteiger partial charge on any atom is 0.573 e. The third-order valence-electron chi connectivity index (χ3n) is 9.88. The molecular formula is C43H48Cl2F3N3O7. The molecule has 1 aromatic heterocycles. The van der Waals surface area contributed by atoms with E-state index >= 15 is 0 Å². The second kappa shape index (κ2) is 20.4. The summed E-state index contributed by atoms with van der Waals surface area (Å²) >= 11 is 0. The van der Waals surface area contributed by atoms with E-state index in [1.807, 2.05) is 48.8 Å². The second-order valence-electron chi connectivity index (χ2n) is 13.3. The van der Waals surface area contributed by atoms with Gasteiger partial charge in [-0.15, -0.1) is 38.0 Å². The van der Waals surface area contributed by atoms with Gasteiger partial charge in [-0.1, -0.05) is 18.2 Å². The highest BCUT2D eigenvalue weighted by Crippen LogP contribution is 2.43. The quantitative estimate of drug-likeness (QED) is 0.102. The Bertz CT molecular complexity index is 2050. The largest absolute Gasteiger partial charge is 0.573 e. The summed E-state index contributed by atoms with van der Waals surface area (Å²) in [5.41, 5.74) is 6.56. The number of halogens is 5. The van der Waals surface area contributed by atoms with Gasteiger partial charge < -0.3 is 38.1 Å². The van der Waals surface area contributed by atoms with Crippen molar-refractivity contribution in [2.75, 3.05) is 60.6 Å². The Labute approximate surface area is 349 Å². The van der Waals surface area contributed by atoms with Gasteiger partial charge in [0.05, 0.1) is 42.7 Å². The lowest BCUT2D eigenvalue weighted by Crippen LogP contribution is -2.44. The standard InChI is InChI=1S/C43H46F3N3O7.2ClH/c1-50-37-20-31(21-38(51-2)41(37)54-5)30-9-7-8-28(18-30)27-49(34-10-12-36(13-11-34)56-43(44,45)46)35-14-16-48(17-15-35)26-29-19-33(25-47-24-29)32-22-39(52-3)42(55-6)40(23-32)53-4;;/h7-13,18-25,35H,14-17,26-27H2,1-6H3;2*1H. The zero-order valence-electron chi connectivity index (χ0n) is 33.1. The minimum atomic E-state index is -4.77. The van der Waals surface area contributed by atoms with Gasteiger partial charge in [-0.2, -0.15) is 0 Å². The smallest absolute Gasteiger partial charge is 0.493 e. The Morgan fingerprint density at radius 3 is 1.64 bits per heavy atom. The van der Waals surface area contributed by atoms with E-state index in [9.17, 15) is 13.2 Å². The molecule has 58 heavy (non-hydrogen) atoms. The predicted octanol–water partition coefficient (Wildman–Crippen LogP) is 9.88. The number of piperidine rings is 1. The van der Waals surface area contributed by atoms with Gasteiger partial charge in [-0.25, -0.2) is 0 Å². The maximum atomic E-state index is 13.0. The van der Waals surface area contributed by atoms with Crippen LogP contribution in [-0.2, 0) is 13.1 Å². The number of likely N-dealkylation sites (tertiary alicyclic amines) is 1. The van der Waals surface area contributed by atoms with Crippen molar-refractivity contribution in [3.05, 3.63) is 102 Å². The Hall–Kier alpha value is -5.24. The van der Waals surface area contributed by atoms with Crippen molar-refractivity contribution in [3.8, 4) is 62.5 Å². The third-order valence-corrected chi connectivity index (χ3v) is 9.88. The molecule has 0 amide bonds. The van der Waals surface area contributed by atoms with Crippen LogP contribution in [0.15, 0.2) is 91.3 Å². The normalized spacial score (nSPS) is 13.1. The SMILES string of the molecule is COc1cc(-c2cncc(CN3CCC(N(Cc4cccc(-c5cc(OC)c(OC)c(OC)c5)c4)c4ccc(OC(F)(F)F)cc4)CC3)c2)cc(OC)c1OC.Cl.Cl. The first kappa shape index (κ1) is 45.5. The Morgan fingerprint density at radius 1 is 0.621 bits per heavy atom. The number of anilines is 1. The molecule has 1 fully saturated rings. The predicted molar refractivity (Wildman–Crippen MR) is 223 cm³/mol. The van der Waals surface area contributed by atoms with E-state index in [1.54, 1.807) is 54.8 Å². The fraction of sp³-hybridized carbons (Fsp3) is 0.326. The van der Waals surface area contributed by atoms with E-state index in [0.717, 1.165) is 65.0 Å². The van der Waals surface area contributed by atoms with Crippen molar-refractivity contribution in [2.45, 2.75) is 38.3 Å². The average molecular weight is 847 g/mol. The van der Waals surface area contributed by atoms with Crippen molar-refractivity contribution in [2.24, 2.45) is 0 Å². The maximum absolute atomic E-state index is 13.0. The number of benzene rings is 4. The van der Waals surface area contributed by atoms with E-state index < -0.39 is 6.36 Å². The van der Waals surface area contributed by atoms with Gasteiger partial charge >= 0.3 is 6.36 Å². The van der Waals surface area contributed by atoms with E-state index in [2.05, 4.69) is 37.7 Å². The fourth-order valence-corrected chi connectivity index (χ4v) is 7.19. The van der Waals surface area contributed by atoms with Gasteiger partial charge in [0.15, 0.2) is 23.0 Å². The van der Waals surface area contributed by atoms with Crippen molar-refractivity contribution < 1.29 is 46.3 Å². The highest BCUT2D eigenvalue weighted by molar-refractivity contribution is 5.85. The number of methoxy groups -OCH3 is 6. The Morgan fingerprint density at radius 2 is 1.14 bits per heavy atom. The van der Waals surface area contributed by atoms with Gasteiger partial charge in [0.25, 0.3) is 0 Å². The molecule has 2 heterocycles. The molecule has 5 aromatic rings. The van der Waals surface area contributed by atoms with E-state index in [0.29, 0.717) is 47.6 Å². The first-order valence-electron chi connectivity index (χ1n) is 18.0. The van der Waals surface area contributed by atoms with Gasteiger partial charge in [0, 0.05) is 55.9 Å². The minimum Gasteiger partial charge on any atom is -0.493 e. The summed E-state index contributed by atoms with van der Waals surface area (Å²) in [6.07, 6.45) is 0.604. The van der Waals surface area contributed by atoms with Crippen LogP contribution in [0.4, 0.5) is 18.9 Å². The molecular weight excluding hydrogens is 798 g/mol. The third kappa shape index (κ3) is 10.8. The van der Waals surface area contributed by atoms with Gasteiger partial charge in [-0.05, 0) is 101 Å². The summed E-state index contributed by atoms with van der Waals surface area (Å²) in [6, 6.07) is 24.2. The van der Waals surface area contributed by atoms with E-state index in [1.165, 1.54) is 12.1 Å². The van der Waals surface area contributed by atoms with Crippen LogP contribution in [0.1, 0.15) is 24.0 Å². The first-order chi connectivity index (χ1) is 27.1. The molecule has 1 saturated heterocycles.